The third kappa shape index (κ3) is 5.66. The maximum atomic E-state index is 12.2. The first kappa shape index (κ1) is 20.1. The fourth-order valence-corrected chi connectivity index (χ4v) is 2.51. The molecule has 0 radical (unpaired) electrons. The predicted molar refractivity (Wildman–Crippen MR) is 105 cm³/mol. The van der Waals surface area contributed by atoms with Crippen molar-refractivity contribution in [3.05, 3.63) is 64.8 Å². The molecule has 6 nitrogen and oxygen atoms in total. The number of carbonyl (C=O) groups excluding carboxylic acids is 1. The van der Waals surface area contributed by atoms with Crippen LogP contribution in [0.15, 0.2) is 54.2 Å². The third-order valence-corrected chi connectivity index (χ3v) is 4.07. The number of rotatable bonds is 8. The summed E-state index contributed by atoms with van der Waals surface area (Å²) in [6.07, 6.45) is 2.08. The molecule has 0 atom stereocenters. The molecule has 2 aromatic rings. The van der Waals surface area contributed by atoms with E-state index in [4.69, 9.17) is 21.1 Å². The van der Waals surface area contributed by atoms with Crippen molar-refractivity contribution in [3.8, 4) is 17.6 Å². The fourth-order valence-electron chi connectivity index (χ4n) is 2.33. The van der Waals surface area contributed by atoms with Gasteiger partial charge >= 0.3 is 0 Å². The van der Waals surface area contributed by atoms with E-state index in [1.807, 2.05) is 24.3 Å². The first-order chi connectivity index (χ1) is 13.1. The highest BCUT2D eigenvalue weighted by molar-refractivity contribution is 6.33. The predicted octanol–water partition coefficient (Wildman–Crippen LogP) is 3.54. The lowest BCUT2D eigenvalue weighted by molar-refractivity contribution is -0.112. The van der Waals surface area contributed by atoms with Gasteiger partial charge in [-0.15, -0.1) is 0 Å². The molecule has 2 N–H and O–H groups in total. The Kier molecular flexibility index (Phi) is 7.53. The van der Waals surface area contributed by atoms with Crippen molar-refractivity contribution in [1.29, 1.82) is 5.26 Å². The van der Waals surface area contributed by atoms with Gasteiger partial charge in [0, 0.05) is 12.7 Å². The summed E-state index contributed by atoms with van der Waals surface area (Å²) in [6.45, 7) is 0.542. The Morgan fingerprint density at radius 1 is 1.19 bits per heavy atom. The van der Waals surface area contributed by atoms with Gasteiger partial charge in [0.2, 0.25) is 0 Å². The van der Waals surface area contributed by atoms with Crippen LogP contribution in [0.4, 0.5) is 5.69 Å². The van der Waals surface area contributed by atoms with Crippen molar-refractivity contribution in [2.24, 2.45) is 0 Å². The molecule has 140 valence electrons. The number of halogens is 1. The molecule has 2 aromatic carbocycles. The van der Waals surface area contributed by atoms with E-state index >= 15 is 0 Å². The van der Waals surface area contributed by atoms with Gasteiger partial charge in [0.05, 0.1) is 24.9 Å². The Morgan fingerprint density at radius 3 is 2.59 bits per heavy atom. The molecule has 0 aliphatic rings. The van der Waals surface area contributed by atoms with E-state index in [1.165, 1.54) is 6.20 Å². The van der Waals surface area contributed by atoms with Crippen LogP contribution in [0.2, 0.25) is 5.02 Å². The van der Waals surface area contributed by atoms with Gasteiger partial charge in [0.15, 0.2) is 11.5 Å². The van der Waals surface area contributed by atoms with Crippen molar-refractivity contribution in [2.45, 2.75) is 6.42 Å². The van der Waals surface area contributed by atoms with Crippen LogP contribution in [-0.4, -0.2) is 26.7 Å². The Balaban J connectivity index is 1.93. The maximum absolute atomic E-state index is 12.2. The first-order valence-electron chi connectivity index (χ1n) is 8.19. The number of anilines is 1. The Bertz CT molecular complexity index is 875. The maximum Gasteiger partial charge on any atom is 0.267 e. The summed E-state index contributed by atoms with van der Waals surface area (Å²) in [5, 5.41) is 15.2. The number of hydrogen-bond acceptors (Lipinski definition) is 5. The summed E-state index contributed by atoms with van der Waals surface area (Å²) in [4.78, 5) is 12.2. The van der Waals surface area contributed by atoms with Gasteiger partial charge in [0.25, 0.3) is 5.91 Å². The Morgan fingerprint density at radius 2 is 1.93 bits per heavy atom. The standard InChI is InChI=1S/C20H20ClN3O3/c1-26-18-8-7-14(11-19(18)27-2)9-10-23-13-15(12-22)20(25)24-17-6-4-3-5-16(17)21/h3-8,11,13,23H,9-10H2,1-2H3,(H,24,25)/b15-13-. The van der Waals surface area contributed by atoms with Crippen molar-refractivity contribution in [3.63, 3.8) is 0 Å². The number of benzene rings is 2. The van der Waals surface area contributed by atoms with E-state index in [9.17, 15) is 10.1 Å². The first-order valence-corrected chi connectivity index (χ1v) is 8.57. The van der Waals surface area contributed by atoms with Gasteiger partial charge in [0.1, 0.15) is 11.6 Å². The molecule has 0 bridgehead atoms. The quantitative estimate of drug-likeness (QED) is 0.412. The Hall–Kier alpha value is -3.17. The minimum Gasteiger partial charge on any atom is -0.493 e. The van der Waals surface area contributed by atoms with Crippen LogP contribution in [0.1, 0.15) is 5.56 Å². The molecule has 0 saturated carbocycles. The smallest absolute Gasteiger partial charge is 0.267 e. The SMILES string of the molecule is COc1ccc(CCN/C=C(/C#N)C(=O)Nc2ccccc2Cl)cc1OC. The third-order valence-electron chi connectivity index (χ3n) is 3.74. The zero-order chi connectivity index (χ0) is 19.6. The molecule has 0 aromatic heterocycles. The number of amides is 1. The topological polar surface area (TPSA) is 83.4 Å². The molecule has 0 spiro atoms. The summed E-state index contributed by atoms with van der Waals surface area (Å²) in [5.74, 6) is 0.795. The van der Waals surface area contributed by atoms with Gasteiger partial charge < -0.3 is 20.1 Å². The Labute approximate surface area is 163 Å². The van der Waals surface area contributed by atoms with Gasteiger partial charge in [-0.3, -0.25) is 4.79 Å². The summed E-state index contributed by atoms with van der Waals surface area (Å²) in [6, 6.07) is 14.4. The molecular formula is C20H20ClN3O3. The molecular weight excluding hydrogens is 366 g/mol. The number of para-hydroxylation sites is 1. The second-order valence-electron chi connectivity index (χ2n) is 5.50. The highest BCUT2D eigenvalue weighted by atomic mass is 35.5. The molecule has 0 heterocycles. The van der Waals surface area contributed by atoms with E-state index in [-0.39, 0.29) is 5.57 Å². The van der Waals surface area contributed by atoms with Crippen LogP contribution >= 0.6 is 11.6 Å². The number of nitriles is 1. The molecule has 0 aliphatic carbocycles. The van der Waals surface area contributed by atoms with Crippen LogP contribution in [0.5, 0.6) is 11.5 Å². The molecule has 0 saturated heterocycles. The number of nitrogens with zero attached hydrogens (tertiary/aromatic N) is 1. The summed E-state index contributed by atoms with van der Waals surface area (Å²) in [5.41, 5.74) is 1.45. The highest BCUT2D eigenvalue weighted by Crippen LogP contribution is 2.27. The number of ether oxygens (including phenoxy) is 2. The van der Waals surface area contributed by atoms with Gasteiger partial charge in [-0.05, 0) is 36.2 Å². The van der Waals surface area contributed by atoms with Crippen molar-refractivity contribution in [2.75, 3.05) is 26.1 Å². The summed E-state index contributed by atoms with van der Waals surface area (Å²) >= 11 is 6.01. The van der Waals surface area contributed by atoms with E-state index in [0.29, 0.717) is 35.2 Å². The summed E-state index contributed by atoms with van der Waals surface area (Å²) in [7, 11) is 3.17. The highest BCUT2D eigenvalue weighted by Gasteiger charge is 2.11. The molecule has 0 unspecified atom stereocenters. The number of hydrogen-bond donors (Lipinski definition) is 2. The lowest BCUT2D eigenvalue weighted by atomic mass is 10.1. The van der Waals surface area contributed by atoms with Gasteiger partial charge in [-0.2, -0.15) is 5.26 Å². The van der Waals surface area contributed by atoms with Crippen molar-refractivity contribution in [1.82, 2.24) is 5.32 Å². The zero-order valence-electron chi connectivity index (χ0n) is 15.1. The lowest BCUT2D eigenvalue weighted by Gasteiger charge is -2.10. The summed E-state index contributed by atoms with van der Waals surface area (Å²) < 4.78 is 10.5. The van der Waals surface area contributed by atoms with Crippen LogP contribution < -0.4 is 20.1 Å². The van der Waals surface area contributed by atoms with Crippen molar-refractivity contribution >= 4 is 23.2 Å². The number of carbonyl (C=O) groups is 1. The van der Waals surface area contributed by atoms with E-state index in [0.717, 1.165) is 5.56 Å². The average molecular weight is 386 g/mol. The minimum atomic E-state index is -0.524. The van der Waals surface area contributed by atoms with Crippen molar-refractivity contribution < 1.29 is 14.3 Å². The largest absolute Gasteiger partial charge is 0.493 e. The zero-order valence-corrected chi connectivity index (χ0v) is 15.8. The molecule has 0 fully saturated rings. The molecule has 27 heavy (non-hydrogen) atoms. The van der Waals surface area contributed by atoms with Gasteiger partial charge in [-0.1, -0.05) is 29.8 Å². The van der Waals surface area contributed by atoms with Crippen LogP contribution in [0.3, 0.4) is 0 Å². The molecule has 0 aliphatic heterocycles. The van der Waals surface area contributed by atoms with Crippen LogP contribution in [-0.2, 0) is 11.2 Å². The van der Waals surface area contributed by atoms with E-state index in [2.05, 4.69) is 10.6 Å². The fraction of sp³-hybridized carbons (Fsp3) is 0.200. The van der Waals surface area contributed by atoms with Crippen LogP contribution in [0, 0.1) is 11.3 Å². The normalized spacial score (nSPS) is 10.7. The number of methoxy groups -OCH3 is 2. The number of nitrogens with one attached hydrogen (secondary N) is 2. The molecule has 1 amide bonds. The van der Waals surface area contributed by atoms with E-state index < -0.39 is 5.91 Å². The average Bonchev–Trinajstić information content (AvgIpc) is 2.69. The van der Waals surface area contributed by atoms with E-state index in [1.54, 1.807) is 38.5 Å². The lowest BCUT2D eigenvalue weighted by Crippen LogP contribution is -2.18. The minimum absolute atomic E-state index is 0.0396. The van der Waals surface area contributed by atoms with Gasteiger partial charge in [-0.25, -0.2) is 0 Å². The van der Waals surface area contributed by atoms with Crippen LogP contribution in [0.25, 0.3) is 0 Å². The second kappa shape index (κ2) is 10.1. The monoisotopic (exact) mass is 385 g/mol. The molecule has 2 rings (SSSR count). The second-order valence-corrected chi connectivity index (χ2v) is 5.90. The molecule has 7 heteroatoms.